The Morgan fingerprint density at radius 1 is 1.15 bits per heavy atom. The van der Waals surface area contributed by atoms with E-state index in [1.54, 1.807) is 0 Å². The molecule has 5 nitrogen and oxygen atoms in total. The third-order valence-electron chi connectivity index (χ3n) is 5.79. The van der Waals surface area contributed by atoms with Crippen LogP contribution in [0.25, 0.3) is 0 Å². The van der Waals surface area contributed by atoms with Gasteiger partial charge in [0.15, 0.2) is 0 Å². The van der Waals surface area contributed by atoms with Crippen LogP contribution in [0.1, 0.15) is 45.4 Å². The Balaban J connectivity index is 1.50. The quantitative estimate of drug-likeness (QED) is 0.786. The summed E-state index contributed by atoms with van der Waals surface area (Å²) in [7, 11) is 0. The number of benzene rings is 1. The van der Waals surface area contributed by atoms with E-state index >= 15 is 0 Å². The van der Waals surface area contributed by atoms with Gasteiger partial charge in [-0.3, -0.25) is 9.69 Å². The van der Waals surface area contributed by atoms with Gasteiger partial charge in [0.25, 0.3) is 0 Å². The van der Waals surface area contributed by atoms with Crippen LogP contribution in [0.2, 0.25) is 0 Å². The van der Waals surface area contributed by atoms with E-state index in [-0.39, 0.29) is 17.5 Å². The van der Waals surface area contributed by atoms with E-state index in [1.807, 2.05) is 30.3 Å². The van der Waals surface area contributed by atoms with Crippen LogP contribution in [-0.2, 0) is 9.53 Å². The topological polar surface area (TPSA) is 53.6 Å². The fraction of sp³-hybridized carbons (Fsp3) is 0.667. The molecule has 0 bridgehead atoms. The zero-order valence-corrected chi connectivity index (χ0v) is 16.0. The predicted molar refractivity (Wildman–Crippen MR) is 105 cm³/mol. The Morgan fingerprint density at radius 3 is 2.54 bits per heavy atom. The first-order chi connectivity index (χ1) is 12.7. The second kappa shape index (κ2) is 9.49. The average molecular weight is 360 g/mol. The van der Waals surface area contributed by atoms with Gasteiger partial charge < -0.3 is 15.4 Å². The standard InChI is InChI=1S/C21H33N3O2/c1-18(16-20(25)23-19-8-4-2-5-9-19)22-17-21(10-6-3-7-11-21)24-12-14-26-15-13-24/h2,4-5,8-9,18,22H,3,6-7,10-17H2,1H3,(H,23,25)/t18-/m1/s1. The lowest BCUT2D eigenvalue weighted by Gasteiger charge is -2.48. The molecule has 2 N–H and O–H groups in total. The lowest BCUT2D eigenvalue weighted by atomic mass is 9.79. The molecule has 1 aliphatic carbocycles. The van der Waals surface area contributed by atoms with E-state index in [2.05, 4.69) is 22.5 Å². The van der Waals surface area contributed by atoms with Crippen LogP contribution in [0.5, 0.6) is 0 Å². The summed E-state index contributed by atoms with van der Waals surface area (Å²) >= 11 is 0. The molecule has 1 heterocycles. The molecule has 1 aliphatic heterocycles. The van der Waals surface area contributed by atoms with Crippen molar-refractivity contribution in [1.82, 2.24) is 10.2 Å². The van der Waals surface area contributed by atoms with E-state index in [4.69, 9.17) is 4.74 Å². The van der Waals surface area contributed by atoms with Gasteiger partial charge in [0.05, 0.1) is 13.2 Å². The lowest BCUT2D eigenvalue weighted by Crippen LogP contribution is -2.60. The van der Waals surface area contributed by atoms with Crippen molar-refractivity contribution in [2.24, 2.45) is 0 Å². The van der Waals surface area contributed by atoms with Crippen LogP contribution < -0.4 is 10.6 Å². The minimum Gasteiger partial charge on any atom is -0.379 e. The zero-order valence-electron chi connectivity index (χ0n) is 16.0. The lowest BCUT2D eigenvalue weighted by molar-refractivity contribution is -0.116. The molecule has 1 aromatic carbocycles. The third-order valence-corrected chi connectivity index (χ3v) is 5.79. The molecule has 1 aromatic rings. The van der Waals surface area contributed by atoms with Crippen molar-refractivity contribution in [2.75, 3.05) is 38.2 Å². The van der Waals surface area contributed by atoms with E-state index in [9.17, 15) is 4.79 Å². The maximum atomic E-state index is 12.3. The maximum absolute atomic E-state index is 12.3. The number of carbonyl (C=O) groups is 1. The summed E-state index contributed by atoms with van der Waals surface area (Å²) in [6.07, 6.45) is 6.96. The Labute approximate surface area is 157 Å². The monoisotopic (exact) mass is 359 g/mol. The van der Waals surface area contributed by atoms with Crippen LogP contribution in [0, 0.1) is 0 Å². The van der Waals surface area contributed by atoms with Gasteiger partial charge in [-0.05, 0) is 31.9 Å². The second-order valence-electron chi connectivity index (χ2n) is 7.78. The number of nitrogens with zero attached hydrogens (tertiary/aromatic N) is 1. The predicted octanol–water partition coefficient (Wildman–Crippen LogP) is 3.03. The van der Waals surface area contributed by atoms with Gasteiger partial charge in [0.1, 0.15) is 0 Å². The summed E-state index contributed by atoms with van der Waals surface area (Å²) in [5.41, 5.74) is 1.11. The molecule has 0 spiro atoms. The number of para-hydroxylation sites is 1. The van der Waals surface area contributed by atoms with Gasteiger partial charge in [0, 0.05) is 43.3 Å². The number of ether oxygens (including phenoxy) is 1. The summed E-state index contributed by atoms with van der Waals surface area (Å²) in [5.74, 6) is 0.0697. The van der Waals surface area contributed by atoms with Crippen molar-refractivity contribution in [3.05, 3.63) is 30.3 Å². The highest BCUT2D eigenvalue weighted by molar-refractivity contribution is 5.90. The van der Waals surface area contributed by atoms with Crippen LogP contribution >= 0.6 is 0 Å². The van der Waals surface area contributed by atoms with Crippen molar-refractivity contribution >= 4 is 11.6 Å². The SMILES string of the molecule is C[C@H](CC(=O)Nc1ccccc1)NCC1(N2CCOCC2)CCCCC1. The molecule has 3 rings (SSSR count). The smallest absolute Gasteiger partial charge is 0.225 e. The van der Waals surface area contributed by atoms with Gasteiger partial charge in [-0.15, -0.1) is 0 Å². The Bertz CT molecular complexity index is 552. The molecule has 1 atom stereocenters. The number of hydrogen-bond acceptors (Lipinski definition) is 4. The Morgan fingerprint density at radius 2 is 1.85 bits per heavy atom. The van der Waals surface area contributed by atoms with Gasteiger partial charge >= 0.3 is 0 Å². The minimum absolute atomic E-state index is 0.0697. The van der Waals surface area contributed by atoms with Crippen LogP contribution in [0.3, 0.4) is 0 Å². The molecular formula is C21H33N3O2. The molecule has 5 heteroatoms. The minimum atomic E-state index is 0.0697. The Hall–Kier alpha value is -1.43. The van der Waals surface area contributed by atoms with Gasteiger partial charge in [-0.2, -0.15) is 0 Å². The molecule has 26 heavy (non-hydrogen) atoms. The van der Waals surface area contributed by atoms with Crippen molar-refractivity contribution in [3.63, 3.8) is 0 Å². The van der Waals surface area contributed by atoms with Gasteiger partial charge in [-0.25, -0.2) is 0 Å². The molecular weight excluding hydrogens is 326 g/mol. The highest BCUT2D eigenvalue weighted by Gasteiger charge is 2.38. The van der Waals surface area contributed by atoms with E-state index in [0.29, 0.717) is 6.42 Å². The van der Waals surface area contributed by atoms with Crippen LogP contribution in [0.15, 0.2) is 30.3 Å². The summed E-state index contributed by atoms with van der Waals surface area (Å²) in [4.78, 5) is 14.9. The highest BCUT2D eigenvalue weighted by Crippen LogP contribution is 2.34. The number of nitrogens with one attached hydrogen (secondary N) is 2. The molecule has 0 radical (unpaired) electrons. The molecule has 2 fully saturated rings. The number of carbonyl (C=O) groups excluding carboxylic acids is 1. The molecule has 0 unspecified atom stereocenters. The maximum Gasteiger partial charge on any atom is 0.225 e. The molecule has 1 saturated carbocycles. The van der Waals surface area contributed by atoms with E-state index in [1.165, 1.54) is 32.1 Å². The summed E-state index contributed by atoms with van der Waals surface area (Å²) in [6, 6.07) is 9.84. The zero-order chi connectivity index (χ0) is 18.2. The number of rotatable bonds is 7. The first kappa shape index (κ1) is 19.3. The number of anilines is 1. The first-order valence-corrected chi connectivity index (χ1v) is 10.1. The third kappa shape index (κ3) is 5.29. The average Bonchev–Trinajstić information content (AvgIpc) is 2.68. The van der Waals surface area contributed by atoms with Gasteiger partial charge in [-0.1, -0.05) is 37.5 Å². The number of hydrogen-bond donors (Lipinski definition) is 2. The largest absolute Gasteiger partial charge is 0.379 e. The second-order valence-corrected chi connectivity index (χ2v) is 7.78. The van der Waals surface area contributed by atoms with E-state index in [0.717, 1.165) is 38.5 Å². The van der Waals surface area contributed by atoms with Crippen LogP contribution in [-0.4, -0.2) is 55.2 Å². The summed E-state index contributed by atoms with van der Waals surface area (Å²) in [6.45, 7) is 6.83. The molecule has 0 aromatic heterocycles. The van der Waals surface area contributed by atoms with Crippen molar-refractivity contribution < 1.29 is 9.53 Å². The van der Waals surface area contributed by atoms with E-state index < -0.39 is 0 Å². The van der Waals surface area contributed by atoms with Gasteiger partial charge in [0.2, 0.25) is 5.91 Å². The summed E-state index contributed by atoms with van der Waals surface area (Å²) < 4.78 is 5.56. The fourth-order valence-electron chi connectivity index (χ4n) is 4.30. The normalized spacial score (nSPS) is 21.9. The molecule has 1 amide bonds. The van der Waals surface area contributed by atoms with Crippen molar-refractivity contribution in [1.29, 1.82) is 0 Å². The first-order valence-electron chi connectivity index (χ1n) is 10.1. The van der Waals surface area contributed by atoms with Crippen molar-refractivity contribution in [2.45, 2.75) is 57.0 Å². The Kier molecular flexibility index (Phi) is 7.06. The number of morpholine rings is 1. The van der Waals surface area contributed by atoms with Crippen molar-refractivity contribution in [3.8, 4) is 0 Å². The fourth-order valence-corrected chi connectivity index (χ4v) is 4.30. The number of amides is 1. The summed E-state index contributed by atoms with van der Waals surface area (Å²) in [5, 5.41) is 6.64. The highest BCUT2D eigenvalue weighted by atomic mass is 16.5. The molecule has 2 aliphatic rings. The molecule has 144 valence electrons. The molecule has 1 saturated heterocycles. The van der Waals surface area contributed by atoms with Crippen LogP contribution in [0.4, 0.5) is 5.69 Å².